The first-order valence-electron chi connectivity index (χ1n) is 8.60. The van der Waals surface area contributed by atoms with E-state index in [-0.39, 0.29) is 13.1 Å². The summed E-state index contributed by atoms with van der Waals surface area (Å²) in [6, 6.07) is 6.61. The molecule has 0 fully saturated rings. The van der Waals surface area contributed by atoms with Crippen molar-refractivity contribution in [1.29, 1.82) is 0 Å². The number of ether oxygens (including phenoxy) is 1. The number of benzene rings is 1. The van der Waals surface area contributed by atoms with Gasteiger partial charge in [0.2, 0.25) is 0 Å². The molecule has 1 aromatic heterocycles. The molecule has 0 saturated carbocycles. The number of guanidine groups is 1. The zero-order valence-electron chi connectivity index (χ0n) is 15.8. The molecule has 0 radical (unpaired) electrons. The summed E-state index contributed by atoms with van der Waals surface area (Å²) < 4.78 is 48.6. The van der Waals surface area contributed by atoms with Gasteiger partial charge in [-0.2, -0.15) is 13.2 Å². The quantitative estimate of drug-likeness (QED) is 0.442. The number of aryl methyl sites for hydroxylation is 1. The minimum absolute atomic E-state index is 0.0733. The highest BCUT2D eigenvalue weighted by Crippen LogP contribution is 2.29. The van der Waals surface area contributed by atoms with Gasteiger partial charge in [-0.15, -0.1) is 0 Å². The molecule has 0 spiro atoms. The summed E-state index contributed by atoms with van der Waals surface area (Å²) in [6.07, 6.45) is -4.39. The summed E-state index contributed by atoms with van der Waals surface area (Å²) >= 11 is 0. The standard InChI is InChI=1S/C19H22F3N3O3/c1-4-23-18(24-10-13-6-5-7-14(8-13)19(20,21)22)25-11-15-9-16(12(2)28-15)17(26)27-3/h5-9H,4,10-11H2,1-3H3,(H2,23,24,25). The Balaban J connectivity index is 2.06. The molecule has 0 aliphatic rings. The van der Waals surface area contributed by atoms with Gasteiger partial charge in [0.05, 0.1) is 25.8 Å². The molecule has 28 heavy (non-hydrogen) atoms. The van der Waals surface area contributed by atoms with Crippen molar-refractivity contribution in [3.05, 3.63) is 58.5 Å². The monoisotopic (exact) mass is 397 g/mol. The first-order valence-corrected chi connectivity index (χ1v) is 8.60. The van der Waals surface area contributed by atoms with E-state index < -0.39 is 17.7 Å². The van der Waals surface area contributed by atoms with Gasteiger partial charge in [-0.25, -0.2) is 9.79 Å². The van der Waals surface area contributed by atoms with Crippen molar-refractivity contribution in [3.8, 4) is 0 Å². The molecule has 2 rings (SSSR count). The molecule has 0 unspecified atom stereocenters. The van der Waals surface area contributed by atoms with Gasteiger partial charge < -0.3 is 19.8 Å². The van der Waals surface area contributed by atoms with E-state index in [0.29, 0.717) is 35.2 Å². The van der Waals surface area contributed by atoms with Crippen molar-refractivity contribution in [2.75, 3.05) is 13.7 Å². The van der Waals surface area contributed by atoms with Crippen molar-refractivity contribution in [2.24, 2.45) is 4.99 Å². The average Bonchev–Trinajstić information content (AvgIpc) is 3.03. The fraction of sp³-hybridized carbons (Fsp3) is 0.368. The van der Waals surface area contributed by atoms with E-state index in [2.05, 4.69) is 20.4 Å². The lowest BCUT2D eigenvalue weighted by Crippen LogP contribution is -2.36. The number of rotatable bonds is 6. The van der Waals surface area contributed by atoms with Crippen LogP contribution >= 0.6 is 0 Å². The number of hydrogen-bond donors (Lipinski definition) is 2. The Morgan fingerprint density at radius 2 is 2.00 bits per heavy atom. The fourth-order valence-corrected chi connectivity index (χ4v) is 2.47. The van der Waals surface area contributed by atoms with Crippen LogP contribution in [0.4, 0.5) is 13.2 Å². The van der Waals surface area contributed by atoms with Gasteiger partial charge in [0.1, 0.15) is 17.1 Å². The van der Waals surface area contributed by atoms with Crippen LogP contribution in [-0.2, 0) is 24.0 Å². The summed E-state index contributed by atoms with van der Waals surface area (Å²) in [5, 5.41) is 6.03. The number of esters is 1. The Labute approximate surface area is 160 Å². The molecule has 0 bridgehead atoms. The van der Waals surface area contributed by atoms with Gasteiger partial charge in [0.25, 0.3) is 0 Å². The van der Waals surface area contributed by atoms with Crippen LogP contribution in [0.3, 0.4) is 0 Å². The Hall–Kier alpha value is -2.97. The SMILES string of the molecule is CCNC(=NCc1cccc(C(F)(F)F)c1)NCc1cc(C(=O)OC)c(C)o1. The Bertz CT molecular complexity index is 844. The maximum Gasteiger partial charge on any atom is 0.416 e. The lowest BCUT2D eigenvalue weighted by atomic mass is 10.1. The van der Waals surface area contributed by atoms with Crippen molar-refractivity contribution >= 4 is 11.9 Å². The first kappa shape index (κ1) is 21.3. The Kier molecular flexibility index (Phi) is 7.08. The van der Waals surface area contributed by atoms with E-state index in [1.54, 1.807) is 19.1 Å². The van der Waals surface area contributed by atoms with Gasteiger partial charge in [-0.05, 0) is 37.6 Å². The highest BCUT2D eigenvalue weighted by atomic mass is 19.4. The van der Waals surface area contributed by atoms with Gasteiger partial charge in [-0.3, -0.25) is 0 Å². The number of aliphatic imine (C=N–C) groups is 1. The molecular weight excluding hydrogens is 375 g/mol. The van der Waals surface area contributed by atoms with Gasteiger partial charge >= 0.3 is 12.1 Å². The predicted octanol–water partition coefficient (Wildman–Crippen LogP) is 3.65. The summed E-state index contributed by atoms with van der Waals surface area (Å²) in [4.78, 5) is 15.9. The largest absolute Gasteiger partial charge is 0.465 e. The Morgan fingerprint density at radius 3 is 2.64 bits per heavy atom. The minimum atomic E-state index is -4.39. The minimum Gasteiger partial charge on any atom is -0.465 e. The highest BCUT2D eigenvalue weighted by Gasteiger charge is 2.30. The molecule has 0 saturated heterocycles. The maximum atomic E-state index is 12.8. The number of nitrogens with zero attached hydrogens (tertiary/aromatic N) is 1. The predicted molar refractivity (Wildman–Crippen MR) is 97.9 cm³/mol. The van der Waals surface area contributed by atoms with E-state index in [9.17, 15) is 18.0 Å². The lowest BCUT2D eigenvalue weighted by Gasteiger charge is -2.11. The molecule has 0 atom stereocenters. The second-order valence-corrected chi connectivity index (χ2v) is 5.92. The number of alkyl halides is 3. The van der Waals surface area contributed by atoms with Gasteiger partial charge in [-0.1, -0.05) is 12.1 Å². The fourth-order valence-electron chi connectivity index (χ4n) is 2.47. The maximum absolute atomic E-state index is 12.8. The number of carbonyl (C=O) groups is 1. The summed E-state index contributed by atoms with van der Waals surface area (Å²) in [5.41, 5.74) is 0.0682. The number of furan rings is 1. The van der Waals surface area contributed by atoms with Crippen molar-refractivity contribution in [3.63, 3.8) is 0 Å². The van der Waals surface area contributed by atoms with Crippen LogP contribution in [0.1, 0.15) is 39.9 Å². The number of nitrogens with one attached hydrogen (secondary N) is 2. The van der Waals surface area contributed by atoms with Crippen molar-refractivity contribution in [2.45, 2.75) is 33.1 Å². The summed E-state index contributed by atoms with van der Waals surface area (Å²) in [7, 11) is 1.29. The zero-order chi connectivity index (χ0) is 20.7. The number of methoxy groups -OCH3 is 1. The van der Waals surface area contributed by atoms with Crippen molar-refractivity contribution < 1.29 is 27.1 Å². The van der Waals surface area contributed by atoms with E-state index in [0.717, 1.165) is 12.1 Å². The van der Waals surface area contributed by atoms with E-state index in [1.807, 2.05) is 6.92 Å². The molecule has 6 nitrogen and oxygen atoms in total. The van der Waals surface area contributed by atoms with Crippen LogP contribution in [0.5, 0.6) is 0 Å². The molecule has 1 aromatic carbocycles. The zero-order valence-corrected chi connectivity index (χ0v) is 15.8. The molecule has 152 valence electrons. The van der Waals surface area contributed by atoms with Crippen LogP contribution in [0.15, 0.2) is 39.7 Å². The molecule has 0 amide bonds. The topological polar surface area (TPSA) is 75.9 Å². The summed E-state index contributed by atoms with van der Waals surface area (Å²) in [6.45, 7) is 4.41. The lowest BCUT2D eigenvalue weighted by molar-refractivity contribution is -0.137. The summed E-state index contributed by atoms with van der Waals surface area (Å²) in [5.74, 6) is 0.864. The van der Waals surface area contributed by atoms with E-state index in [1.165, 1.54) is 13.2 Å². The molecule has 2 aromatic rings. The van der Waals surface area contributed by atoms with Gasteiger partial charge in [0, 0.05) is 6.54 Å². The van der Waals surface area contributed by atoms with E-state index >= 15 is 0 Å². The second-order valence-electron chi connectivity index (χ2n) is 5.92. The second kappa shape index (κ2) is 9.29. The number of hydrogen-bond acceptors (Lipinski definition) is 4. The third-order valence-corrected chi connectivity index (χ3v) is 3.82. The van der Waals surface area contributed by atoms with Crippen LogP contribution in [-0.4, -0.2) is 25.6 Å². The molecule has 9 heteroatoms. The van der Waals surface area contributed by atoms with E-state index in [4.69, 9.17) is 4.42 Å². The molecule has 1 heterocycles. The third-order valence-electron chi connectivity index (χ3n) is 3.82. The van der Waals surface area contributed by atoms with Crippen LogP contribution in [0.25, 0.3) is 0 Å². The van der Waals surface area contributed by atoms with Crippen LogP contribution in [0, 0.1) is 6.92 Å². The number of carbonyl (C=O) groups excluding carboxylic acids is 1. The molecule has 2 N–H and O–H groups in total. The molecule has 0 aliphatic heterocycles. The van der Waals surface area contributed by atoms with Crippen molar-refractivity contribution in [1.82, 2.24) is 10.6 Å². The van der Waals surface area contributed by atoms with Crippen LogP contribution < -0.4 is 10.6 Å². The first-order chi connectivity index (χ1) is 13.2. The highest BCUT2D eigenvalue weighted by molar-refractivity contribution is 5.90. The third kappa shape index (κ3) is 5.77. The average molecular weight is 397 g/mol. The van der Waals surface area contributed by atoms with Crippen LogP contribution in [0.2, 0.25) is 0 Å². The number of halogens is 3. The normalized spacial score (nSPS) is 12.0. The molecule has 0 aliphatic carbocycles. The Morgan fingerprint density at radius 1 is 1.25 bits per heavy atom. The molecular formula is C19H22F3N3O3. The smallest absolute Gasteiger partial charge is 0.416 e. The van der Waals surface area contributed by atoms with Gasteiger partial charge in [0.15, 0.2) is 5.96 Å².